The molecule has 0 heterocycles. The van der Waals surface area contributed by atoms with Crippen LogP contribution in [0.15, 0.2) is 36.4 Å². The van der Waals surface area contributed by atoms with Gasteiger partial charge in [-0.3, -0.25) is 4.79 Å². The van der Waals surface area contributed by atoms with Crippen LogP contribution in [0.4, 0.5) is 0 Å². The Morgan fingerprint density at radius 3 is 1.94 bits per heavy atom. The van der Waals surface area contributed by atoms with Crippen LogP contribution in [-0.4, -0.2) is 19.9 Å². The zero-order valence-corrected chi connectivity index (χ0v) is 23.1. The third-order valence-corrected chi connectivity index (χ3v) is 12.6. The van der Waals surface area contributed by atoms with Gasteiger partial charge in [0.1, 0.15) is 11.4 Å². The van der Waals surface area contributed by atoms with Crippen molar-refractivity contribution in [3.05, 3.63) is 42.0 Å². The lowest BCUT2D eigenvalue weighted by Crippen LogP contribution is -2.50. The second-order valence-corrected chi connectivity index (χ2v) is 17.1. The molecule has 178 valence electrons. The Bertz CT molecular complexity index is 914. The summed E-state index contributed by atoms with van der Waals surface area (Å²) < 4.78 is 12.5. The van der Waals surface area contributed by atoms with Gasteiger partial charge in [0, 0.05) is 5.41 Å². The number of fused-ring (bicyclic) bond motifs is 1. The number of esters is 1. The standard InChI is InChI=1S/C28H44O3Si/c1-19(2)32(20(3)4,21(5)6)31-23-15-16-24-22(17-23)13-12-14-25(24)28(10,11)18-26(29)30-27(7,8)9/h12-17,19-21H,18H2,1-11H3. The first-order chi connectivity index (χ1) is 14.6. The van der Waals surface area contributed by atoms with Crippen LogP contribution in [0.1, 0.15) is 88.1 Å². The maximum atomic E-state index is 12.5. The number of hydrogen-bond acceptors (Lipinski definition) is 3. The van der Waals surface area contributed by atoms with Gasteiger partial charge in [-0.2, -0.15) is 0 Å². The average molecular weight is 457 g/mol. The summed E-state index contributed by atoms with van der Waals surface area (Å²) in [6, 6.07) is 12.8. The normalized spacial score (nSPS) is 13.3. The van der Waals surface area contributed by atoms with Gasteiger partial charge in [0.15, 0.2) is 0 Å². The number of benzene rings is 2. The minimum atomic E-state index is -2.01. The monoisotopic (exact) mass is 456 g/mol. The third-order valence-electron chi connectivity index (χ3n) is 6.59. The van der Waals surface area contributed by atoms with Crippen molar-refractivity contribution < 1.29 is 14.0 Å². The predicted octanol–water partition coefficient (Wildman–Crippen LogP) is 8.40. The molecule has 2 aromatic carbocycles. The van der Waals surface area contributed by atoms with E-state index in [1.54, 1.807) is 0 Å². The maximum Gasteiger partial charge on any atom is 0.307 e. The molecule has 0 spiro atoms. The highest BCUT2D eigenvalue weighted by atomic mass is 28.4. The highest BCUT2D eigenvalue weighted by Gasteiger charge is 2.47. The molecule has 0 radical (unpaired) electrons. The Labute approximate surface area is 197 Å². The molecule has 0 fully saturated rings. The molecule has 2 rings (SSSR count). The number of carbonyl (C=O) groups excluding carboxylic acids is 1. The van der Waals surface area contributed by atoms with Crippen molar-refractivity contribution in [1.82, 2.24) is 0 Å². The Morgan fingerprint density at radius 1 is 0.875 bits per heavy atom. The van der Waals surface area contributed by atoms with E-state index in [1.807, 2.05) is 20.8 Å². The van der Waals surface area contributed by atoms with Crippen LogP contribution in [0, 0.1) is 0 Å². The molecule has 0 saturated heterocycles. The summed E-state index contributed by atoms with van der Waals surface area (Å²) in [5.74, 6) is 0.795. The van der Waals surface area contributed by atoms with Gasteiger partial charge in [-0.1, -0.05) is 79.7 Å². The van der Waals surface area contributed by atoms with Gasteiger partial charge in [0.2, 0.25) is 0 Å². The van der Waals surface area contributed by atoms with Crippen LogP contribution in [0.2, 0.25) is 16.6 Å². The molecule has 0 aliphatic heterocycles. The molecule has 0 N–H and O–H groups in total. The fraction of sp³-hybridized carbons (Fsp3) is 0.607. The Hall–Kier alpha value is -1.81. The fourth-order valence-electron chi connectivity index (χ4n) is 5.31. The smallest absolute Gasteiger partial charge is 0.307 e. The second kappa shape index (κ2) is 9.58. The number of rotatable bonds is 8. The average Bonchev–Trinajstić information content (AvgIpc) is 2.62. The predicted molar refractivity (Wildman–Crippen MR) is 139 cm³/mol. The minimum absolute atomic E-state index is 0.166. The highest BCUT2D eigenvalue weighted by Crippen LogP contribution is 2.43. The first kappa shape index (κ1) is 26.4. The van der Waals surface area contributed by atoms with E-state index in [9.17, 15) is 4.79 Å². The molecule has 32 heavy (non-hydrogen) atoms. The van der Waals surface area contributed by atoms with Gasteiger partial charge in [0.05, 0.1) is 6.42 Å². The zero-order chi connectivity index (χ0) is 24.5. The summed E-state index contributed by atoms with van der Waals surface area (Å²) in [7, 11) is -2.01. The van der Waals surface area contributed by atoms with Gasteiger partial charge in [-0.05, 0) is 65.9 Å². The van der Waals surface area contributed by atoms with Crippen LogP contribution >= 0.6 is 0 Å². The van der Waals surface area contributed by atoms with Crippen molar-refractivity contribution in [3.8, 4) is 5.75 Å². The molecule has 0 atom stereocenters. The molecule has 0 amide bonds. The summed E-state index contributed by atoms with van der Waals surface area (Å²) in [6.07, 6.45) is 0.339. The first-order valence-electron chi connectivity index (χ1n) is 12.0. The quantitative estimate of drug-likeness (QED) is 0.295. The SMILES string of the molecule is CC(C)[Si](Oc1ccc2c(C(C)(C)CC(=O)OC(C)(C)C)cccc2c1)(C(C)C)C(C)C. The van der Waals surface area contributed by atoms with Gasteiger partial charge >= 0.3 is 5.97 Å². The molecule has 0 saturated carbocycles. The molecule has 0 aromatic heterocycles. The molecular weight excluding hydrogens is 412 g/mol. The van der Waals surface area contributed by atoms with E-state index >= 15 is 0 Å². The lowest BCUT2D eigenvalue weighted by atomic mass is 9.79. The van der Waals surface area contributed by atoms with E-state index in [-0.39, 0.29) is 11.4 Å². The van der Waals surface area contributed by atoms with E-state index in [1.165, 1.54) is 5.39 Å². The molecular formula is C28H44O3Si. The van der Waals surface area contributed by atoms with Crippen molar-refractivity contribution in [2.45, 2.75) is 110 Å². The lowest BCUT2D eigenvalue weighted by molar-refractivity contribution is -0.156. The van der Waals surface area contributed by atoms with Gasteiger partial charge in [-0.25, -0.2) is 0 Å². The maximum absolute atomic E-state index is 12.5. The number of carbonyl (C=O) groups is 1. The Balaban J connectivity index is 2.43. The molecule has 0 bridgehead atoms. The zero-order valence-electron chi connectivity index (χ0n) is 22.1. The summed E-state index contributed by atoms with van der Waals surface area (Å²) in [4.78, 5) is 12.5. The van der Waals surface area contributed by atoms with Crippen molar-refractivity contribution in [3.63, 3.8) is 0 Å². The highest BCUT2D eigenvalue weighted by molar-refractivity contribution is 6.78. The third kappa shape index (κ3) is 5.75. The first-order valence-corrected chi connectivity index (χ1v) is 14.2. The summed E-state index contributed by atoms with van der Waals surface area (Å²) in [5, 5.41) is 2.32. The molecule has 3 nitrogen and oxygen atoms in total. The molecule has 2 aromatic rings. The van der Waals surface area contributed by atoms with Crippen molar-refractivity contribution in [2.75, 3.05) is 0 Å². The van der Waals surface area contributed by atoms with E-state index in [0.717, 1.165) is 16.7 Å². The summed E-state index contributed by atoms with van der Waals surface area (Å²) in [5.41, 5.74) is 1.92. The van der Waals surface area contributed by atoms with Crippen LogP contribution in [0.25, 0.3) is 10.8 Å². The molecule has 0 aliphatic rings. The fourth-order valence-corrected chi connectivity index (χ4v) is 10.5. The second-order valence-electron chi connectivity index (χ2n) is 11.8. The summed E-state index contributed by atoms with van der Waals surface area (Å²) >= 11 is 0. The number of ether oxygens (including phenoxy) is 1. The van der Waals surface area contributed by atoms with Crippen molar-refractivity contribution in [1.29, 1.82) is 0 Å². The van der Waals surface area contributed by atoms with Gasteiger partial charge in [-0.15, -0.1) is 0 Å². The number of hydrogen-bond donors (Lipinski definition) is 0. The largest absolute Gasteiger partial charge is 0.543 e. The molecule has 0 unspecified atom stereocenters. The molecule has 4 heteroatoms. The van der Waals surface area contributed by atoms with Crippen LogP contribution < -0.4 is 4.43 Å². The van der Waals surface area contributed by atoms with Gasteiger partial charge < -0.3 is 9.16 Å². The Morgan fingerprint density at radius 2 is 1.44 bits per heavy atom. The Kier molecular flexibility index (Phi) is 7.92. The minimum Gasteiger partial charge on any atom is -0.543 e. The lowest BCUT2D eigenvalue weighted by Gasteiger charge is -2.42. The van der Waals surface area contributed by atoms with Crippen LogP contribution in [0.5, 0.6) is 5.75 Å². The molecule has 0 aliphatic carbocycles. The van der Waals surface area contributed by atoms with Gasteiger partial charge in [0.25, 0.3) is 8.32 Å². The summed E-state index contributed by atoms with van der Waals surface area (Å²) in [6.45, 7) is 23.8. The van der Waals surface area contributed by atoms with E-state index in [0.29, 0.717) is 23.0 Å². The van der Waals surface area contributed by atoms with Crippen molar-refractivity contribution >= 4 is 25.1 Å². The van der Waals surface area contributed by atoms with E-state index < -0.39 is 13.9 Å². The van der Waals surface area contributed by atoms with E-state index in [2.05, 4.69) is 91.8 Å². The van der Waals surface area contributed by atoms with E-state index in [4.69, 9.17) is 9.16 Å². The van der Waals surface area contributed by atoms with Crippen LogP contribution in [0.3, 0.4) is 0 Å². The van der Waals surface area contributed by atoms with Crippen LogP contribution in [-0.2, 0) is 14.9 Å². The van der Waals surface area contributed by atoms with Crippen molar-refractivity contribution in [2.24, 2.45) is 0 Å². The topological polar surface area (TPSA) is 35.5 Å².